The Labute approximate surface area is 94.5 Å². The lowest BCUT2D eigenvalue weighted by atomic mass is 9.77. The normalized spacial score (nSPS) is 34.0. The van der Waals surface area contributed by atoms with Crippen LogP contribution < -0.4 is 5.32 Å². The molecule has 2 nitrogen and oxygen atoms in total. The summed E-state index contributed by atoms with van der Waals surface area (Å²) in [7, 11) is 0. The largest absolute Gasteiger partial charge is 0.394 e. The molecular formula is C13H27NO. The second kappa shape index (κ2) is 5.86. The first-order valence-corrected chi connectivity index (χ1v) is 6.48. The van der Waals surface area contributed by atoms with Crippen molar-refractivity contribution in [3.8, 4) is 0 Å². The van der Waals surface area contributed by atoms with Crippen LogP contribution in [0.5, 0.6) is 0 Å². The molecule has 15 heavy (non-hydrogen) atoms. The lowest BCUT2D eigenvalue weighted by molar-refractivity contribution is 0.102. The molecule has 2 N–H and O–H groups in total. The molecule has 0 aromatic carbocycles. The highest BCUT2D eigenvalue weighted by Gasteiger charge is 2.33. The van der Waals surface area contributed by atoms with Crippen molar-refractivity contribution in [3.63, 3.8) is 0 Å². The van der Waals surface area contributed by atoms with Crippen molar-refractivity contribution in [2.45, 2.75) is 58.4 Å². The Bertz CT molecular complexity index is 173. The molecule has 0 spiro atoms. The van der Waals surface area contributed by atoms with Gasteiger partial charge in [0.05, 0.1) is 6.61 Å². The minimum absolute atomic E-state index is 0.0376. The van der Waals surface area contributed by atoms with Gasteiger partial charge in [0.1, 0.15) is 0 Å². The third-order valence-corrected chi connectivity index (χ3v) is 4.06. The van der Waals surface area contributed by atoms with Crippen LogP contribution in [0.1, 0.15) is 52.9 Å². The van der Waals surface area contributed by atoms with E-state index < -0.39 is 0 Å². The smallest absolute Gasteiger partial charge is 0.0613 e. The van der Waals surface area contributed by atoms with Crippen molar-refractivity contribution in [1.82, 2.24) is 5.32 Å². The van der Waals surface area contributed by atoms with Gasteiger partial charge in [0.25, 0.3) is 0 Å². The Morgan fingerprint density at radius 3 is 2.47 bits per heavy atom. The molecule has 90 valence electrons. The van der Waals surface area contributed by atoms with Crippen LogP contribution in [-0.2, 0) is 0 Å². The number of hydrogen-bond donors (Lipinski definition) is 2. The molecular weight excluding hydrogens is 186 g/mol. The minimum Gasteiger partial charge on any atom is -0.394 e. The Morgan fingerprint density at radius 1 is 1.40 bits per heavy atom. The van der Waals surface area contributed by atoms with E-state index in [-0.39, 0.29) is 5.54 Å². The topological polar surface area (TPSA) is 32.3 Å². The molecule has 1 rings (SSSR count). The predicted octanol–water partition coefficient (Wildman–Crippen LogP) is 2.56. The van der Waals surface area contributed by atoms with Gasteiger partial charge in [0.15, 0.2) is 0 Å². The quantitative estimate of drug-likeness (QED) is 0.735. The van der Waals surface area contributed by atoms with Crippen LogP contribution in [0.3, 0.4) is 0 Å². The molecule has 1 aliphatic rings. The maximum absolute atomic E-state index is 9.55. The van der Waals surface area contributed by atoms with Gasteiger partial charge in [0, 0.05) is 5.54 Å². The van der Waals surface area contributed by atoms with Crippen molar-refractivity contribution in [2.75, 3.05) is 13.2 Å². The van der Waals surface area contributed by atoms with Gasteiger partial charge in [-0.2, -0.15) is 0 Å². The molecule has 1 saturated carbocycles. The van der Waals surface area contributed by atoms with Gasteiger partial charge >= 0.3 is 0 Å². The van der Waals surface area contributed by atoms with E-state index in [1.54, 1.807) is 0 Å². The summed E-state index contributed by atoms with van der Waals surface area (Å²) in [5.41, 5.74) is 0.0376. The molecule has 1 fully saturated rings. The molecule has 0 saturated heterocycles. The number of aliphatic hydroxyl groups excluding tert-OH is 1. The van der Waals surface area contributed by atoms with E-state index in [1.807, 2.05) is 0 Å². The molecule has 0 bridgehead atoms. The fraction of sp³-hybridized carbons (Fsp3) is 1.00. The van der Waals surface area contributed by atoms with E-state index in [1.165, 1.54) is 19.3 Å². The standard InChI is InChI=1S/C13H27NO/c1-4-11(2)9-14-13(10-15)7-5-12(3)6-8-13/h11-12,14-15H,4-10H2,1-3H3. The van der Waals surface area contributed by atoms with E-state index in [0.29, 0.717) is 12.5 Å². The lowest BCUT2D eigenvalue weighted by Gasteiger charge is -2.39. The van der Waals surface area contributed by atoms with E-state index in [9.17, 15) is 5.11 Å². The molecule has 2 heteroatoms. The summed E-state index contributed by atoms with van der Waals surface area (Å²) < 4.78 is 0. The fourth-order valence-electron chi connectivity index (χ4n) is 2.24. The highest BCUT2D eigenvalue weighted by atomic mass is 16.3. The maximum atomic E-state index is 9.55. The monoisotopic (exact) mass is 213 g/mol. The first-order chi connectivity index (χ1) is 7.12. The summed E-state index contributed by atoms with van der Waals surface area (Å²) in [4.78, 5) is 0. The SMILES string of the molecule is CCC(C)CNC1(CO)CCC(C)CC1. The highest BCUT2D eigenvalue weighted by Crippen LogP contribution is 2.31. The Balaban J connectivity index is 2.39. The van der Waals surface area contributed by atoms with Gasteiger partial charge < -0.3 is 10.4 Å². The molecule has 1 aliphatic carbocycles. The summed E-state index contributed by atoms with van der Waals surface area (Å²) in [6.07, 6.45) is 6.01. The van der Waals surface area contributed by atoms with Gasteiger partial charge in [0.2, 0.25) is 0 Å². The molecule has 0 aromatic heterocycles. The predicted molar refractivity (Wildman–Crippen MR) is 64.9 cm³/mol. The first kappa shape index (κ1) is 13.0. The van der Waals surface area contributed by atoms with Gasteiger partial charge in [-0.1, -0.05) is 27.2 Å². The van der Waals surface area contributed by atoms with E-state index in [4.69, 9.17) is 0 Å². The zero-order valence-corrected chi connectivity index (χ0v) is 10.6. The molecule has 0 amide bonds. The first-order valence-electron chi connectivity index (χ1n) is 6.48. The highest BCUT2D eigenvalue weighted by molar-refractivity contribution is 4.91. The average Bonchev–Trinajstić information content (AvgIpc) is 2.28. The van der Waals surface area contributed by atoms with Crippen LogP contribution in [0, 0.1) is 11.8 Å². The third-order valence-electron chi connectivity index (χ3n) is 4.06. The van der Waals surface area contributed by atoms with Crippen molar-refractivity contribution >= 4 is 0 Å². The van der Waals surface area contributed by atoms with Gasteiger partial charge in [-0.25, -0.2) is 0 Å². The minimum atomic E-state index is 0.0376. The van der Waals surface area contributed by atoms with Crippen LogP contribution in [0.4, 0.5) is 0 Å². The summed E-state index contributed by atoms with van der Waals surface area (Å²) in [6.45, 7) is 8.15. The fourth-order valence-corrected chi connectivity index (χ4v) is 2.24. The molecule has 0 aromatic rings. The third kappa shape index (κ3) is 3.76. The van der Waals surface area contributed by atoms with Crippen LogP contribution in [0.2, 0.25) is 0 Å². The summed E-state index contributed by atoms with van der Waals surface area (Å²) in [5, 5.41) is 13.2. The second-order valence-corrected chi connectivity index (χ2v) is 5.52. The lowest BCUT2D eigenvalue weighted by Crippen LogP contribution is -2.52. The van der Waals surface area contributed by atoms with Crippen molar-refractivity contribution in [3.05, 3.63) is 0 Å². The van der Waals surface area contributed by atoms with Crippen LogP contribution in [0.25, 0.3) is 0 Å². The van der Waals surface area contributed by atoms with E-state index in [2.05, 4.69) is 26.1 Å². The second-order valence-electron chi connectivity index (χ2n) is 5.52. The Morgan fingerprint density at radius 2 is 2.00 bits per heavy atom. The van der Waals surface area contributed by atoms with Crippen molar-refractivity contribution in [1.29, 1.82) is 0 Å². The van der Waals surface area contributed by atoms with E-state index in [0.717, 1.165) is 25.3 Å². The van der Waals surface area contributed by atoms with Crippen LogP contribution >= 0.6 is 0 Å². The molecule has 0 aliphatic heterocycles. The average molecular weight is 213 g/mol. The number of rotatable bonds is 5. The number of aliphatic hydroxyl groups is 1. The Hall–Kier alpha value is -0.0800. The summed E-state index contributed by atoms with van der Waals surface area (Å²) in [6, 6.07) is 0. The molecule has 1 atom stereocenters. The number of hydrogen-bond acceptors (Lipinski definition) is 2. The van der Waals surface area contributed by atoms with Gasteiger partial charge in [-0.15, -0.1) is 0 Å². The zero-order chi connectivity index (χ0) is 11.3. The maximum Gasteiger partial charge on any atom is 0.0613 e. The molecule has 1 unspecified atom stereocenters. The summed E-state index contributed by atoms with van der Waals surface area (Å²) in [5.74, 6) is 1.56. The van der Waals surface area contributed by atoms with Gasteiger partial charge in [-0.3, -0.25) is 0 Å². The molecule has 0 heterocycles. The van der Waals surface area contributed by atoms with Crippen LogP contribution in [0.15, 0.2) is 0 Å². The van der Waals surface area contributed by atoms with Crippen LogP contribution in [-0.4, -0.2) is 23.8 Å². The number of nitrogens with one attached hydrogen (secondary N) is 1. The summed E-state index contributed by atoms with van der Waals surface area (Å²) >= 11 is 0. The van der Waals surface area contributed by atoms with Crippen molar-refractivity contribution in [2.24, 2.45) is 11.8 Å². The zero-order valence-electron chi connectivity index (χ0n) is 10.6. The van der Waals surface area contributed by atoms with E-state index >= 15 is 0 Å². The Kier molecular flexibility index (Phi) is 5.07. The molecule has 0 radical (unpaired) electrons. The van der Waals surface area contributed by atoms with Gasteiger partial charge in [-0.05, 0) is 44.1 Å². The van der Waals surface area contributed by atoms with Crippen molar-refractivity contribution < 1.29 is 5.11 Å².